The van der Waals surface area contributed by atoms with Crippen molar-refractivity contribution in [1.82, 2.24) is 5.32 Å². The van der Waals surface area contributed by atoms with Gasteiger partial charge in [0.25, 0.3) is 0 Å². The van der Waals surface area contributed by atoms with Gasteiger partial charge in [0.05, 0.1) is 5.60 Å². The molecule has 2 saturated carbocycles. The summed E-state index contributed by atoms with van der Waals surface area (Å²) in [6.45, 7) is 5.15. The second-order valence-electron chi connectivity index (χ2n) is 10.6. The molecule has 2 heterocycles. The van der Waals surface area contributed by atoms with E-state index in [1.165, 1.54) is 11.1 Å². The van der Waals surface area contributed by atoms with E-state index in [0.29, 0.717) is 11.8 Å². The number of aliphatic hydroxyl groups is 1. The molecule has 3 N–H and O–H groups in total. The number of piperidine rings is 1. The van der Waals surface area contributed by atoms with Crippen LogP contribution in [0.1, 0.15) is 63.5 Å². The number of benzene rings is 1. The molecule has 6 rings (SSSR count). The molecule has 1 aromatic rings. The highest BCUT2D eigenvalue weighted by Gasteiger charge is 2.85. The molecule has 7 atom stereocenters. The van der Waals surface area contributed by atoms with E-state index in [1.54, 1.807) is 13.2 Å². The van der Waals surface area contributed by atoms with Crippen LogP contribution in [-0.2, 0) is 16.6 Å². The van der Waals surface area contributed by atoms with Crippen molar-refractivity contribution in [1.29, 1.82) is 0 Å². The molecule has 5 heteroatoms. The van der Waals surface area contributed by atoms with Crippen LogP contribution in [0.2, 0.25) is 0 Å². The molecule has 0 amide bonds. The number of nitrogens with one attached hydrogen (secondary N) is 1. The van der Waals surface area contributed by atoms with E-state index in [1.807, 2.05) is 6.92 Å². The van der Waals surface area contributed by atoms with Crippen LogP contribution in [0.15, 0.2) is 12.1 Å². The molecule has 29 heavy (non-hydrogen) atoms. The molecular weight excluding hydrogens is 366 g/mol. The van der Waals surface area contributed by atoms with E-state index in [2.05, 4.69) is 18.3 Å². The van der Waals surface area contributed by atoms with E-state index >= 15 is 0 Å². The Kier molecular flexibility index (Phi) is 3.49. The summed E-state index contributed by atoms with van der Waals surface area (Å²) < 4.78 is 13.1. The fourth-order valence-corrected chi connectivity index (χ4v) is 8.59. The van der Waals surface area contributed by atoms with Gasteiger partial charge in [0.15, 0.2) is 11.5 Å². The summed E-state index contributed by atoms with van der Waals surface area (Å²) in [7, 11) is 1.81. The summed E-state index contributed by atoms with van der Waals surface area (Å²) in [5.74, 6) is 0.969. The van der Waals surface area contributed by atoms with E-state index in [4.69, 9.17) is 9.47 Å². The molecule has 2 unspecified atom stereocenters. The van der Waals surface area contributed by atoms with Gasteiger partial charge in [-0.05, 0) is 57.2 Å². The largest absolute Gasteiger partial charge is 0.504 e. The van der Waals surface area contributed by atoms with Gasteiger partial charge in [0.1, 0.15) is 11.7 Å². The van der Waals surface area contributed by atoms with Gasteiger partial charge < -0.3 is 25.0 Å². The van der Waals surface area contributed by atoms with E-state index in [0.717, 1.165) is 51.5 Å². The number of ether oxygens (including phenoxy) is 2. The van der Waals surface area contributed by atoms with E-state index in [9.17, 15) is 10.2 Å². The molecule has 0 aromatic heterocycles. The Balaban J connectivity index is 1.57. The summed E-state index contributed by atoms with van der Waals surface area (Å²) in [5, 5.41) is 26.1. The quantitative estimate of drug-likeness (QED) is 0.710. The molecule has 0 radical (unpaired) electrons. The topological polar surface area (TPSA) is 71.0 Å². The Morgan fingerprint density at radius 1 is 1.38 bits per heavy atom. The van der Waals surface area contributed by atoms with Crippen molar-refractivity contribution < 1.29 is 19.7 Å². The van der Waals surface area contributed by atoms with Crippen molar-refractivity contribution in [3.05, 3.63) is 23.3 Å². The standard InChI is InChI=1S/C24H33NO4/c1-4-5-8-21(2,27)16-12-22-13-24(16,28-3)20-23(22)9-10-25-17(22)11-14-6-7-15(26)19(29-20)18(14)23/h6-7,16-17,20,25-27H,4-5,8-13H2,1-3H3/t16-,17?,20-,21-,22+,23?,24-/m1/s1. The highest BCUT2D eigenvalue weighted by Crippen LogP contribution is 2.79. The first-order valence-corrected chi connectivity index (χ1v) is 11.4. The third-order valence-corrected chi connectivity index (χ3v) is 9.60. The van der Waals surface area contributed by atoms with Crippen LogP contribution in [0, 0.1) is 11.3 Å². The van der Waals surface area contributed by atoms with Gasteiger partial charge >= 0.3 is 0 Å². The highest BCUT2D eigenvalue weighted by atomic mass is 16.6. The molecule has 5 nitrogen and oxygen atoms in total. The number of hydrogen-bond donors (Lipinski definition) is 3. The third kappa shape index (κ3) is 1.82. The first-order chi connectivity index (χ1) is 13.9. The normalized spacial score (nSPS) is 45.0. The molecule has 158 valence electrons. The monoisotopic (exact) mass is 399 g/mol. The fraction of sp³-hybridized carbons (Fsp3) is 0.750. The molecule has 4 bridgehead atoms. The van der Waals surface area contributed by atoms with Crippen LogP contribution < -0.4 is 10.1 Å². The molecule has 1 saturated heterocycles. The lowest BCUT2D eigenvalue weighted by Gasteiger charge is -2.60. The number of methoxy groups -OCH3 is 1. The molecule has 3 aliphatic carbocycles. The first kappa shape index (κ1) is 18.5. The molecule has 1 aromatic carbocycles. The fourth-order valence-electron chi connectivity index (χ4n) is 8.59. The van der Waals surface area contributed by atoms with E-state index in [-0.39, 0.29) is 28.6 Å². The Morgan fingerprint density at radius 3 is 2.97 bits per heavy atom. The molecule has 2 spiro atoms. The molecule has 5 aliphatic rings. The number of rotatable bonds is 5. The number of aromatic hydroxyl groups is 1. The Bertz CT molecular complexity index is 884. The van der Waals surface area contributed by atoms with Crippen LogP contribution in [0.5, 0.6) is 11.5 Å². The predicted octanol–water partition coefficient (Wildman–Crippen LogP) is 3.05. The molecule has 3 fully saturated rings. The maximum atomic E-state index is 11.6. The van der Waals surface area contributed by atoms with Gasteiger partial charge in [-0.3, -0.25) is 0 Å². The number of hydrogen-bond acceptors (Lipinski definition) is 5. The SMILES string of the molecule is CCCC[C@@](C)(O)[C@H]1C[C@@]23C[C@]1(OC)[C@@H]1Oc4c(O)ccc5c4C12CCNC3C5. The Labute approximate surface area is 172 Å². The molecular formula is C24H33NO4. The third-order valence-electron chi connectivity index (χ3n) is 9.60. The lowest BCUT2D eigenvalue weighted by Crippen LogP contribution is -2.70. The van der Waals surface area contributed by atoms with Crippen LogP contribution >= 0.6 is 0 Å². The summed E-state index contributed by atoms with van der Waals surface area (Å²) in [6.07, 6.45) is 6.60. The van der Waals surface area contributed by atoms with Crippen molar-refractivity contribution in [2.24, 2.45) is 11.3 Å². The van der Waals surface area contributed by atoms with Crippen molar-refractivity contribution in [3.8, 4) is 11.5 Å². The zero-order chi connectivity index (χ0) is 20.2. The zero-order valence-corrected chi connectivity index (χ0v) is 17.8. The van der Waals surface area contributed by atoms with Gasteiger partial charge in [-0.2, -0.15) is 0 Å². The maximum absolute atomic E-state index is 11.6. The first-order valence-electron chi connectivity index (χ1n) is 11.4. The van der Waals surface area contributed by atoms with Crippen LogP contribution in [-0.4, -0.2) is 47.2 Å². The van der Waals surface area contributed by atoms with Crippen molar-refractivity contribution in [3.63, 3.8) is 0 Å². The number of unbranched alkanes of at least 4 members (excludes halogenated alkanes) is 1. The van der Waals surface area contributed by atoms with Crippen LogP contribution in [0.4, 0.5) is 0 Å². The lowest BCUT2D eigenvalue weighted by molar-refractivity contribution is -0.184. The van der Waals surface area contributed by atoms with Crippen LogP contribution in [0.25, 0.3) is 0 Å². The van der Waals surface area contributed by atoms with Gasteiger partial charge in [-0.1, -0.05) is 25.8 Å². The minimum absolute atomic E-state index is 0.0127. The van der Waals surface area contributed by atoms with Gasteiger partial charge in [-0.15, -0.1) is 0 Å². The van der Waals surface area contributed by atoms with Crippen LogP contribution in [0.3, 0.4) is 0 Å². The Hall–Kier alpha value is -1.30. The van der Waals surface area contributed by atoms with Gasteiger partial charge in [0.2, 0.25) is 0 Å². The smallest absolute Gasteiger partial charge is 0.165 e. The zero-order valence-electron chi connectivity index (χ0n) is 17.8. The summed E-state index contributed by atoms with van der Waals surface area (Å²) in [5.41, 5.74) is 1.17. The number of phenols is 1. The summed E-state index contributed by atoms with van der Waals surface area (Å²) >= 11 is 0. The number of phenolic OH excluding ortho intramolecular Hbond substituents is 1. The predicted molar refractivity (Wildman–Crippen MR) is 109 cm³/mol. The highest BCUT2D eigenvalue weighted by molar-refractivity contribution is 5.64. The second-order valence-corrected chi connectivity index (χ2v) is 10.6. The maximum Gasteiger partial charge on any atom is 0.165 e. The Morgan fingerprint density at radius 2 is 2.21 bits per heavy atom. The van der Waals surface area contributed by atoms with Crippen molar-refractivity contribution in [2.45, 2.75) is 87.6 Å². The summed E-state index contributed by atoms with van der Waals surface area (Å²) in [4.78, 5) is 0. The summed E-state index contributed by atoms with van der Waals surface area (Å²) in [6, 6.07) is 4.25. The minimum atomic E-state index is -0.786. The van der Waals surface area contributed by atoms with Crippen molar-refractivity contribution >= 4 is 0 Å². The van der Waals surface area contributed by atoms with Gasteiger partial charge in [0, 0.05) is 35.5 Å². The number of fused-ring (bicyclic) bond motifs is 2. The van der Waals surface area contributed by atoms with E-state index < -0.39 is 11.2 Å². The lowest BCUT2D eigenvalue weighted by atomic mass is 9.47. The second kappa shape index (κ2) is 5.49. The average Bonchev–Trinajstić information content (AvgIpc) is 3.30. The van der Waals surface area contributed by atoms with Gasteiger partial charge in [-0.25, -0.2) is 0 Å². The molecule has 2 aliphatic heterocycles. The van der Waals surface area contributed by atoms with Crippen molar-refractivity contribution in [2.75, 3.05) is 13.7 Å². The minimum Gasteiger partial charge on any atom is -0.504 e. The average molecular weight is 400 g/mol.